The third-order valence-electron chi connectivity index (χ3n) is 2.35. The van der Waals surface area contributed by atoms with Gasteiger partial charge in [0, 0.05) is 12.1 Å². The van der Waals surface area contributed by atoms with Gasteiger partial charge in [-0.3, -0.25) is 5.73 Å². The van der Waals surface area contributed by atoms with Crippen LogP contribution in [0.25, 0.3) is 0 Å². The second-order valence-electron chi connectivity index (χ2n) is 3.10. The molecule has 0 bridgehead atoms. The number of aryl methyl sites for hydroxylation is 1. The van der Waals surface area contributed by atoms with Crippen LogP contribution in [-0.4, -0.2) is 13.8 Å². The molecule has 0 amide bonds. The monoisotopic (exact) mass is 335 g/mol. The molecule has 1 radical (unpaired) electrons. The van der Waals surface area contributed by atoms with E-state index in [-0.39, 0.29) is 48.6 Å². The Labute approximate surface area is 131 Å². The molecule has 0 aliphatic rings. The first-order chi connectivity index (χ1) is 7.28. The molecule has 1 aromatic carbocycles. The first kappa shape index (κ1) is 23.0. The van der Waals surface area contributed by atoms with Crippen LogP contribution < -0.4 is 45.8 Å². The Kier molecular flexibility index (Phi) is 15.2. The second-order valence-corrected chi connectivity index (χ2v) is 3.10. The third kappa shape index (κ3) is 5.22. The van der Waals surface area contributed by atoms with Gasteiger partial charge in [0.05, 0.1) is 7.11 Å². The Bertz CT molecular complexity index is 341. The van der Waals surface area contributed by atoms with Gasteiger partial charge in [0.15, 0.2) is 11.5 Å². The zero-order valence-corrected chi connectivity index (χ0v) is 13.1. The zero-order valence-electron chi connectivity index (χ0n) is 10.4. The van der Waals surface area contributed by atoms with Crippen LogP contribution in [0.2, 0.25) is 0 Å². The molecular weight excluding hydrogens is 318 g/mol. The Hall–Kier alpha value is -0.161. The summed E-state index contributed by atoms with van der Waals surface area (Å²) in [5, 5.41) is 0. The van der Waals surface area contributed by atoms with Crippen molar-refractivity contribution in [3.8, 4) is 11.5 Å². The number of benzene rings is 1. The van der Waals surface area contributed by atoms with Crippen molar-refractivity contribution < 1.29 is 51.4 Å². The molecule has 0 saturated carbocycles. The molecule has 4 nitrogen and oxygen atoms in total. The predicted molar refractivity (Wildman–Crippen MR) is 59.9 cm³/mol. The van der Waals surface area contributed by atoms with E-state index >= 15 is 0 Å². The smallest absolute Gasteiger partial charge is 1.00 e. The van der Waals surface area contributed by atoms with Gasteiger partial charge in [-0.25, -0.2) is 0 Å². The van der Waals surface area contributed by atoms with Crippen molar-refractivity contribution >= 4 is 0 Å². The van der Waals surface area contributed by atoms with Gasteiger partial charge >= 0.3 is 17.1 Å². The molecule has 0 spiro atoms. The summed E-state index contributed by atoms with van der Waals surface area (Å²) in [7, 11) is 1.60. The van der Waals surface area contributed by atoms with Gasteiger partial charge in [0.2, 0.25) is 0 Å². The molecule has 0 aromatic heterocycles. The van der Waals surface area contributed by atoms with Gasteiger partial charge in [0.1, 0.15) is 6.73 Å². The van der Waals surface area contributed by atoms with Crippen LogP contribution in [0.5, 0.6) is 11.5 Å². The minimum atomic E-state index is 0. The van der Waals surface area contributed by atoms with E-state index in [2.05, 4.69) is 6.92 Å². The number of halogens is 2. The fraction of sp³-hybridized carbons (Fsp3) is 0.455. The summed E-state index contributed by atoms with van der Waals surface area (Å²) < 4.78 is 10.6. The van der Waals surface area contributed by atoms with E-state index in [1.54, 1.807) is 7.11 Å². The summed E-state index contributed by atoms with van der Waals surface area (Å²) >= 11 is 0. The Morgan fingerprint density at radius 2 is 1.78 bits per heavy atom. The largest absolute Gasteiger partial charge is 2.00 e. The average molecular weight is 336 g/mol. The van der Waals surface area contributed by atoms with Crippen molar-refractivity contribution in [2.75, 3.05) is 13.8 Å². The fourth-order valence-electron chi connectivity index (χ4n) is 1.60. The summed E-state index contributed by atoms with van der Waals surface area (Å²) in [6, 6.07) is 3.88. The van der Waals surface area contributed by atoms with Crippen LogP contribution in [-0.2, 0) is 30.0 Å². The molecule has 4 N–H and O–H groups in total. The number of hydrogen-bond donors (Lipinski definition) is 2. The van der Waals surface area contributed by atoms with E-state index < -0.39 is 0 Å². The van der Waals surface area contributed by atoms with E-state index in [0.717, 1.165) is 12.0 Å². The van der Waals surface area contributed by atoms with Crippen molar-refractivity contribution in [3.63, 3.8) is 0 Å². The molecule has 7 heteroatoms. The molecule has 0 aliphatic heterocycles. The summed E-state index contributed by atoms with van der Waals surface area (Å²) in [4.78, 5) is 0. The minimum absolute atomic E-state index is 0. The maximum Gasteiger partial charge on any atom is 2.00 e. The van der Waals surface area contributed by atoms with Crippen LogP contribution in [0, 0.1) is 0 Å². The topological polar surface area (TPSA) is 70.5 Å². The summed E-state index contributed by atoms with van der Waals surface area (Å²) in [6.45, 7) is 2.62. The van der Waals surface area contributed by atoms with Crippen LogP contribution >= 0.6 is 0 Å². The first-order valence-electron chi connectivity index (χ1n) is 5.00. The SMILES string of the molecule is CCc1ccc(OC)c(OCN)c1CN.[Cl-].[Cl-].[Mn+2]. The van der Waals surface area contributed by atoms with Crippen molar-refractivity contribution in [3.05, 3.63) is 23.3 Å². The first-order valence-corrected chi connectivity index (χ1v) is 5.00. The number of ether oxygens (including phenoxy) is 2. The Morgan fingerprint density at radius 3 is 2.17 bits per heavy atom. The van der Waals surface area contributed by atoms with E-state index in [1.165, 1.54) is 5.56 Å². The number of rotatable bonds is 5. The molecule has 0 atom stereocenters. The van der Waals surface area contributed by atoms with Gasteiger partial charge < -0.3 is 40.0 Å². The van der Waals surface area contributed by atoms with E-state index in [9.17, 15) is 0 Å². The predicted octanol–water partition coefficient (Wildman–Crippen LogP) is -4.98. The normalized spacial score (nSPS) is 8.44. The van der Waals surface area contributed by atoms with Gasteiger partial charge in [-0.05, 0) is 18.1 Å². The van der Waals surface area contributed by atoms with Crippen LogP contribution in [0.4, 0.5) is 0 Å². The van der Waals surface area contributed by atoms with E-state index in [0.29, 0.717) is 18.0 Å². The molecule has 0 aliphatic carbocycles. The number of hydrogen-bond acceptors (Lipinski definition) is 4. The molecule has 1 aromatic rings. The van der Waals surface area contributed by atoms with Crippen LogP contribution in [0.1, 0.15) is 18.1 Å². The molecular formula is C11H18Cl2MnN2O2. The standard InChI is InChI=1S/C11H18N2O2.2ClH.Mn/c1-3-8-4-5-10(14-2)11(15-7-13)9(8)6-12;;;/h4-5H,3,6-7,12-13H2,1-2H3;2*1H;/q;;;+2/p-2. The second kappa shape index (κ2) is 11.9. The molecule has 18 heavy (non-hydrogen) atoms. The van der Waals surface area contributed by atoms with Gasteiger partial charge in [0.25, 0.3) is 0 Å². The molecule has 0 fully saturated rings. The van der Waals surface area contributed by atoms with Crippen molar-refractivity contribution in [1.29, 1.82) is 0 Å². The average Bonchev–Trinajstić information content (AvgIpc) is 2.28. The minimum Gasteiger partial charge on any atom is -1.00 e. The maximum atomic E-state index is 5.70. The molecule has 105 valence electrons. The molecule has 0 saturated heterocycles. The van der Waals surface area contributed by atoms with Gasteiger partial charge in [-0.2, -0.15) is 0 Å². The number of methoxy groups -OCH3 is 1. The number of nitrogens with two attached hydrogens (primary N) is 2. The summed E-state index contributed by atoms with van der Waals surface area (Å²) in [6.07, 6.45) is 0.914. The van der Waals surface area contributed by atoms with Gasteiger partial charge in [-0.1, -0.05) is 13.0 Å². The summed E-state index contributed by atoms with van der Waals surface area (Å²) in [5.41, 5.74) is 13.2. The van der Waals surface area contributed by atoms with Gasteiger partial charge in [-0.15, -0.1) is 0 Å². The van der Waals surface area contributed by atoms with Crippen LogP contribution in [0.15, 0.2) is 12.1 Å². The van der Waals surface area contributed by atoms with Crippen LogP contribution in [0.3, 0.4) is 0 Å². The van der Waals surface area contributed by atoms with Crippen molar-refractivity contribution in [1.82, 2.24) is 0 Å². The zero-order chi connectivity index (χ0) is 11.3. The van der Waals surface area contributed by atoms with Crippen molar-refractivity contribution in [2.24, 2.45) is 11.5 Å². The van der Waals surface area contributed by atoms with E-state index in [4.69, 9.17) is 20.9 Å². The Morgan fingerprint density at radius 1 is 1.17 bits per heavy atom. The molecule has 0 heterocycles. The van der Waals surface area contributed by atoms with Crippen molar-refractivity contribution in [2.45, 2.75) is 19.9 Å². The summed E-state index contributed by atoms with van der Waals surface area (Å²) in [5.74, 6) is 1.35. The molecule has 0 unspecified atom stereocenters. The fourth-order valence-corrected chi connectivity index (χ4v) is 1.60. The Balaban J connectivity index is -0.000000750. The molecule has 1 rings (SSSR count). The quantitative estimate of drug-likeness (QED) is 0.418. The third-order valence-corrected chi connectivity index (χ3v) is 2.35. The maximum absolute atomic E-state index is 5.70. The van der Waals surface area contributed by atoms with E-state index in [1.807, 2.05) is 12.1 Å².